The summed E-state index contributed by atoms with van der Waals surface area (Å²) in [6.07, 6.45) is 6.92. The van der Waals surface area contributed by atoms with Crippen LogP contribution in [-0.2, 0) is 16.6 Å². The minimum Gasteiger partial charge on any atom is -0.348 e. The number of aromatic nitrogens is 3. The fraction of sp³-hybridized carbons (Fsp3) is 0.588. The SMILES string of the molecule is O=C(NC1CC1)c1cn(CCC2CCCCN2S(=O)(=O)c2ccc(Cl)s2)nn1. The molecule has 1 saturated carbocycles. The maximum atomic E-state index is 13.0. The fourth-order valence-electron chi connectivity index (χ4n) is 3.41. The summed E-state index contributed by atoms with van der Waals surface area (Å²) in [4.78, 5) is 12.0. The van der Waals surface area contributed by atoms with Gasteiger partial charge in [-0.05, 0) is 44.2 Å². The van der Waals surface area contributed by atoms with Crippen LogP contribution in [0.1, 0.15) is 49.0 Å². The molecule has 0 spiro atoms. The summed E-state index contributed by atoms with van der Waals surface area (Å²) in [5.74, 6) is -0.204. The highest BCUT2D eigenvalue weighted by Gasteiger charge is 2.34. The number of rotatable bonds is 7. The second-order valence-corrected chi connectivity index (χ2v) is 11.1. The van der Waals surface area contributed by atoms with E-state index in [4.69, 9.17) is 11.6 Å². The van der Waals surface area contributed by atoms with Crippen LogP contribution in [-0.4, -0.2) is 52.3 Å². The number of thiophene rings is 1. The Kier molecular flexibility index (Phi) is 5.73. The van der Waals surface area contributed by atoms with Crippen molar-refractivity contribution in [3.05, 3.63) is 28.4 Å². The predicted octanol–water partition coefficient (Wildman–Crippen LogP) is 2.52. The maximum Gasteiger partial charge on any atom is 0.273 e. The molecule has 2 aliphatic rings. The average molecular weight is 444 g/mol. The van der Waals surface area contributed by atoms with Crippen LogP contribution < -0.4 is 5.32 Å². The Hall–Kier alpha value is -1.49. The van der Waals surface area contributed by atoms with Crippen LogP contribution >= 0.6 is 22.9 Å². The smallest absolute Gasteiger partial charge is 0.273 e. The zero-order valence-electron chi connectivity index (χ0n) is 15.3. The minimum atomic E-state index is -3.55. The average Bonchev–Trinajstić information content (AvgIpc) is 3.17. The molecule has 0 radical (unpaired) electrons. The first-order valence-electron chi connectivity index (χ1n) is 9.41. The molecule has 152 valence electrons. The molecule has 8 nitrogen and oxygen atoms in total. The molecule has 1 N–H and O–H groups in total. The maximum absolute atomic E-state index is 13.0. The Morgan fingerprint density at radius 2 is 2.11 bits per heavy atom. The standard InChI is InChI=1S/C17H22ClN5O3S2/c18-15-6-7-16(27-15)28(25,26)23-9-2-1-3-13(23)8-10-22-11-14(20-21-22)17(24)19-12-4-5-12/h6-7,11-13H,1-5,8-10H2,(H,19,24). The van der Waals surface area contributed by atoms with E-state index >= 15 is 0 Å². The van der Waals surface area contributed by atoms with E-state index in [1.165, 1.54) is 0 Å². The summed E-state index contributed by atoms with van der Waals surface area (Å²) < 4.78 is 30.0. The fourth-order valence-corrected chi connectivity index (χ4v) is 6.75. The summed E-state index contributed by atoms with van der Waals surface area (Å²) in [6, 6.07) is 3.34. The molecule has 1 aliphatic heterocycles. The normalized spacial score (nSPS) is 21.0. The van der Waals surface area contributed by atoms with E-state index in [1.807, 2.05) is 0 Å². The van der Waals surface area contributed by atoms with Gasteiger partial charge in [-0.15, -0.1) is 16.4 Å². The molecule has 2 aromatic rings. The van der Waals surface area contributed by atoms with Gasteiger partial charge in [-0.2, -0.15) is 4.31 Å². The first-order valence-corrected chi connectivity index (χ1v) is 12.0. The number of amides is 1. The molecule has 1 amide bonds. The van der Waals surface area contributed by atoms with Crippen molar-refractivity contribution in [1.82, 2.24) is 24.6 Å². The van der Waals surface area contributed by atoms with Crippen molar-refractivity contribution in [2.24, 2.45) is 0 Å². The third-order valence-electron chi connectivity index (χ3n) is 5.06. The van der Waals surface area contributed by atoms with E-state index in [9.17, 15) is 13.2 Å². The third-order valence-corrected chi connectivity index (χ3v) is 8.71. The number of carbonyl (C=O) groups excluding carboxylic acids is 1. The molecular formula is C17H22ClN5O3S2. The van der Waals surface area contributed by atoms with Crippen LogP contribution in [0, 0.1) is 0 Å². The van der Waals surface area contributed by atoms with Crippen LogP contribution in [0.15, 0.2) is 22.5 Å². The summed E-state index contributed by atoms with van der Waals surface area (Å²) in [5, 5.41) is 10.8. The monoisotopic (exact) mass is 443 g/mol. The van der Waals surface area contributed by atoms with E-state index < -0.39 is 10.0 Å². The van der Waals surface area contributed by atoms with E-state index in [2.05, 4.69) is 15.6 Å². The van der Waals surface area contributed by atoms with E-state index in [-0.39, 0.29) is 22.2 Å². The van der Waals surface area contributed by atoms with Crippen LogP contribution in [0.2, 0.25) is 4.34 Å². The van der Waals surface area contributed by atoms with Crippen LogP contribution in [0.25, 0.3) is 0 Å². The van der Waals surface area contributed by atoms with Gasteiger partial charge in [0.1, 0.15) is 4.21 Å². The summed E-state index contributed by atoms with van der Waals surface area (Å²) in [5.41, 5.74) is 0.299. The second-order valence-electron chi connectivity index (χ2n) is 7.23. The van der Waals surface area contributed by atoms with Gasteiger partial charge in [0.2, 0.25) is 0 Å². The summed E-state index contributed by atoms with van der Waals surface area (Å²) in [7, 11) is -3.55. The minimum absolute atomic E-state index is 0.104. The van der Waals surface area contributed by atoms with Crippen molar-refractivity contribution in [3.8, 4) is 0 Å². The number of halogens is 1. The molecule has 11 heteroatoms. The quantitative estimate of drug-likeness (QED) is 0.709. The second kappa shape index (κ2) is 8.10. The third kappa shape index (κ3) is 4.40. The van der Waals surface area contributed by atoms with Crippen molar-refractivity contribution in [2.75, 3.05) is 6.54 Å². The Morgan fingerprint density at radius 3 is 2.82 bits per heavy atom. The molecule has 1 saturated heterocycles. The first-order chi connectivity index (χ1) is 13.4. The number of piperidine rings is 1. The van der Waals surface area contributed by atoms with Crippen molar-refractivity contribution in [1.29, 1.82) is 0 Å². The number of nitrogens with zero attached hydrogens (tertiary/aromatic N) is 4. The van der Waals surface area contributed by atoms with Crippen molar-refractivity contribution in [2.45, 2.75) is 61.4 Å². The van der Waals surface area contributed by atoms with Crippen molar-refractivity contribution >= 4 is 38.9 Å². The molecule has 1 aliphatic carbocycles. The topological polar surface area (TPSA) is 97.2 Å². The molecular weight excluding hydrogens is 422 g/mol. The number of aryl methyl sites for hydroxylation is 1. The van der Waals surface area contributed by atoms with E-state index in [0.717, 1.165) is 43.4 Å². The van der Waals surface area contributed by atoms with Gasteiger partial charge >= 0.3 is 0 Å². The van der Waals surface area contributed by atoms with Crippen molar-refractivity contribution in [3.63, 3.8) is 0 Å². The van der Waals surface area contributed by atoms with Crippen LogP contribution in [0.5, 0.6) is 0 Å². The zero-order valence-corrected chi connectivity index (χ0v) is 17.6. The highest BCUT2D eigenvalue weighted by Crippen LogP contribution is 2.32. The first kappa shape index (κ1) is 19.8. The summed E-state index contributed by atoms with van der Waals surface area (Å²) >= 11 is 7.02. The number of sulfonamides is 1. The van der Waals surface area contributed by atoms with Gasteiger partial charge in [0.15, 0.2) is 5.69 Å². The largest absolute Gasteiger partial charge is 0.348 e. The molecule has 28 heavy (non-hydrogen) atoms. The van der Waals surface area contributed by atoms with Crippen LogP contribution in [0.3, 0.4) is 0 Å². The highest BCUT2D eigenvalue weighted by atomic mass is 35.5. The molecule has 3 heterocycles. The predicted molar refractivity (Wildman–Crippen MR) is 106 cm³/mol. The Morgan fingerprint density at radius 1 is 1.29 bits per heavy atom. The van der Waals surface area contributed by atoms with Gasteiger partial charge in [-0.25, -0.2) is 8.42 Å². The molecule has 1 atom stereocenters. The Bertz CT molecular complexity index is 954. The van der Waals surface area contributed by atoms with Gasteiger partial charge in [-0.1, -0.05) is 23.2 Å². The van der Waals surface area contributed by atoms with Gasteiger partial charge in [0.05, 0.1) is 10.5 Å². The van der Waals surface area contributed by atoms with E-state index in [1.54, 1.807) is 27.3 Å². The lowest BCUT2D eigenvalue weighted by Crippen LogP contribution is -2.43. The number of hydrogen-bond donors (Lipinski definition) is 1. The lowest BCUT2D eigenvalue weighted by atomic mass is 10.0. The lowest BCUT2D eigenvalue weighted by molar-refractivity contribution is 0.0946. The molecule has 0 bridgehead atoms. The molecule has 0 aromatic carbocycles. The Balaban J connectivity index is 1.41. The number of nitrogens with one attached hydrogen (secondary N) is 1. The van der Waals surface area contributed by atoms with Gasteiger partial charge in [-0.3, -0.25) is 9.48 Å². The lowest BCUT2D eigenvalue weighted by Gasteiger charge is -2.34. The molecule has 1 unspecified atom stereocenters. The highest BCUT2D eigenvalue weighted by molar-refractivity contribution is 7.91. The Labute approximate surface area is 172 Å². The molecule has 2 fully saturated rings. The summed E-state index contributed by atoms with van der Waals surface area (Å²) in [6.45, 7) is 1.01. The van der Waals surface area contributed by atoms with E-state index in [0.29, 0.717) is 29.5 Å². The van der Waals surface area contributed by atoms with Gasteiger partial charge in [0.25, 0.3) is 15.9 Å². The van der Waals surface area contributed by atoms with Crippen molar-refractivity contribution < 1.29 is 13.2 Å². The van der Waals surface area contributed by atoms with Gasteiger partial charge < -0.3 is 5.32 Å². The number of carbonyl (C=O) groups is 1. The van der Waals surface area contributed by atoms with Gasteiger partial charge in [0, 0.05) is 25.2 Å². The molecule has 2 aromatic heterocycles. The van der Waals surface area contributed by atoms with Crippen LogP contribution in [0.4, 0.5) is 0 Å². The molecule has 4 rings (SSSR count). The number of hydrogen-bond acceptors (Lipinski definition) is 6. The zero-order chi connectivity index (χ0) is 19.7.